The molecule has 0 aliphatic rings. The highest BCUT2D eigenvalue weighted by molar-refractivity contribution is 9.10. The zero-order valence-electron chi connectivity index (χ0n) is 12.5. The summed E-state index contributed by atoms with van der Waals surface area (Å²) >= 11 is 14.6. The molecule has 0 bridgehead atoms. The number of hydrogen-bond donors (Lipinski definition) is 2. The van der Waals surface area contributed by atoms with Crippen molar-refractivity contribution in [2.75, 3.05) is 17.2 Å². The van der Waals surface area contributed by atoms with E-state index in [2.05, 4.69) is 26.6 Å². The first kappa shape index (κ1) is 18.4. The minimum atomic E-state index is -0.500. The molecular weight excluding hydrogens is 418 g/mol. The van der Waals surface area contributed by atoms with Gasteiger partial charge in [-0.15, -0.1) is 0 Å². The zero-order valence-corrected chi connectivity index (χ0v) is 15.7. The predicted molar refractivity (Wildman–Crippen MR) is 103 cm³/mol. The van der Waals surface area contributed by atoms with Gasteiger partial charge >= 0.3 is 0 Å². The topological polar surface area (TPSA) is 76.4 Å². The summed E-state index contributed by atoms with van der Waals surface area (Å²) in [5.74, 6) is 0.421. The van der Waals surface area contributed by atoms with Gasteiger partial charge in [0.05, 0.1) is 28.3 Å². The van der Waals surface area contributed by atoms with Crippen molar-refractivity contribution in [1.82, 2.24) is 0 Å². The van der Waals surface area contributed by atoms with Crippen LogP contribution in [0.5, 0.6) is 5.75 Å². The Balaban J connectivity index is 2.17. The van der Waals surface area contributed by atoms with Crippen molar-refractivity contribution in [2.45, 2.75) is 6.92 Å². The summed E-state index contributed by atoms with van der Waals surface area (Å²) < 4.78 is 6.11. The predicted octanol–water partition coefficient (Wildman–Crippen LogP) is 5.22. The van der Waals surface area contributed by atoms with Crippen LogP contribution < -0.4 is 15.4 Å². The Morgan fingerprint density at radius 2 is 1.96 bits per heavy atom. The Labute approximate surface area is 157 Å². The summed E-state index contributed by atoms with van der Waals surface area (Å²) in [5, 5.41) is 17.6. The van der Waals surface area contributed by atoms with Gasteiger partial charge in [-0.25, -0.2) is 0 Å². The molecule has 2 aromatic rings. The number of thiocarbonyl (C=S) groups is 1. The maximum atomic E-state index is 11.2. The number of nitro groups is 1. The first-order chi connectivity index (χ1) is 11.4. The fraction of sp³-hybridized carbons (Fsp3) is 0.133. The molecule has 0 saturated heterocycles. The van der Waals surface area contributed by atoms with Crippen molar-refractivity contribution in [2.24, 2.45) is 0 Å². The molecule has 0 unspecified atom stereocenters. The molecule has 2 N–H and O–H groups in total. The fourth-order valence-corrected chi connectivity index (χ4v) is 2.83. The van der Waals surface area contributed by atoms with Crippen LogP contribution in [0, 0.1) is 10.1 Å². The maximum absolute atomic E-state index is 11.2. The lowest BCUT2D eigenvalue weighted by Gasteiger charge is -2.13. The van der Waals surface area contributed by atoms with Gasteiger partial charge in [-0.3, -0.25) is 10.1 Å². The molecule has 0 saturated carbocycles. The fourth-order valence-electron chi connectivity index (χ4n) is 1.89. The molecule has 0 amide bonds. The largest absolute Gasteiger partial charge is 0.494 e. The highest BCUT2D eigenvalue weighted by atomic mass is 79.9. The lowest BCUT2D eigenvalue weighted by molar-refractivity contribution is -0.384. The molecule has 9 heteroatoms. The lowest BCUT2D eigenvalue weighted by atomic mass is 10.2. The van der Waals surface area contributed by atoms with Crippen LogP contribution in [-0.4, -0.2) is 16.6 Å². The van der Waals surface area contributed by atoms with Gasteiger partial charge < -0.3 is 15.4 Å². The molecule has 2 aromatic carbocycles. The number of nitrogens with one attached hydrogen (secondary N) is 2. The van der Waals surface area contributed by atoms with E-state index in [4.69, 9.17) is 28.6 Å². The number of hydrogen-bond acceptors (Lipinski definition) is 4. The van der Waals surface area contributed by atoms with Gasteiger partial charge in [0.1, 0.15) is 11.4 Å². The van der Waals surface area contributed by atoms with Crippen LogP contribution >= 0.6 is 39.7 Å². The zero-order chi connectivity index (χ0) is 17.7. The Morgan fingerprint density at radius 1 is 1.29 bits per heavy atom. The van der Waals surface area contributed by atoms with E-state index < -0.39 is 4.92 Å². The first-order valence-corrected chi connectivity index (χ1v) is 8.43. The van der Waals surface area contributed by atoms with Crippen LogP contribution in [0.25, 0.3) is 0 Å². The van der Waals surface area contributed by atoms with E-state index in [-0.39, 0.29) is 16.5 Å². The van der Waals surface area contributed by atoms with E-state index in [0.717, 1.165) is 4.47 Å². The van der Waals surface area contributed by atoms with Crippen LogP contribution in [-0.2, 0) is 0 Å². The number of anilines is 2. The molecule has 0 heterocycles. The van der Waals surface area contributed by atoms with Gasteiger partial charge in [-0.1, -0.05) is 27.5 Å². The molecular formula is C15H13BrClN3O3S. The minimum absolute atomic E-state index is 0.132. The van der Waals surface area contributed by atoms with E-state index in [1.54, 1.807) is 37.3 Å². The average Bonchev–Trinajstić information content (AvgIpc) is 2.51. The van der Waals surface area contributed by atoms with Crippen molar-refractivity contribution >= 4 is 61.9 Å². The second-order valence-electron chi connectivity index (χ2n) is 4.57. The van der Waals surface area contributed by atoms with Crippen molar-refractivity contribution in [3.63, 3.8) is 0 Å². The van der Waals surface area contributed by atoms with Gasteiger partial charge in [-0.2, -0.15) is 0 Å². The normalized spacial score (nSPS) is 10.1. The molecule has 24 heavy (non-hydrogen) atoms. The summed E-state index contributed by atoms with van der Waals surface area (Å²) in [7, 11) is 0. The van der Waals surface area contributed by atoms with Crippen LogP contribution in [0.15, 0.2) is 40.9 Å². The first-order valence-electron chi connectivity index (χ1n) is 6.85. The van der Waals surface area contributed by atoms with Crippen LogP contribution in [0.2, 0.25) is 5.02 Å². The lowest BCUT2D eigenvalue weighted by Crippen LogP contribution is -2.20. The summed E-state index contributed by atoms with van der Waals surface area (Å²) in [6, 6.07) is 9.78. The van der Waals surface area contributed by atoms with Gasteiger partial charge in [0.15, 0.2) is 5.11 Å². The molecule has 0 aromatic heterocycles. The Bertz CT molecular complexity index is 789. The molecule has 0 atom stereocenters. The van der Waals surface area contributed by atoms with Crippen molar-refractivity contribution < 1.29 is 9.66 Å². The average molecular weight is 431 g/mol. The quantitative estimate of drug-likeness (QED) is 0.385. The van der Waals surface area contributed by atoms with E-state index in [9.17, 15) is 10.1 Å². The standard InChI is InChI=1S/C15H13BrClN3O3S/c1-2-23-10-4-6-13(14(8-10)20(21)22)19-15(24)18-12-5-3-9(16)7-11(12)17/h3-8H,2H2,1H3,(H2,18,19,24). The molecule has 0 aliphatic carbocycles. The number of nitrogens with zero attached hydrogens (tertiary/aromatic N) is 1. The highest BCUT2D eigenvalue weighted by Gasteiger charge is 2.16. The maximum Gasteiger partial charge on any atom is 0.296 e. The van der Waals surface area contributed by atoms with Gasteiger partial charge in [0.2, 0.25) is 0 Å². The summed E-state index contributed by atoms with van der Waals surface area (Å²) in [4.78, 5) is 10.7. The summed E-state index contributed by atoms with van der Waals surface area (Å²) in [5.41, 5.74) is 0.715. The Hall–Kier alpha value is -1.90. The number of rotatable bonds is 5. The number of benzene rings is 2. The third-order valence-electron chi connectivity index (χ3n) is 2.90. The van der Waals surface area contributed by atoms with E-state index in [1.165, 1.54) is 6.07 Å². The minimum Gasteiger partial charge on any atom is -0.494 e. The molecule has 0 aliphatic heterocycles. The molecule has 0 fully saturated rings. The number of ether oxygens (including phenoxy) is 1. The van der Waals surface area contributed by atoms with Crippen LogP contribution in [0.3, 0.4) is 0 Å². The summed E-state index contributed by atoms with van der Waals surface area (Å²) in [6.45, 7) is 2.23. The molecule has 0 radical (unpaired) electrons. The van der Waals surface area contributed by atoms with Crippen LogP contribution in [0.1, 0.15) is 6.92 Å². The van der Waals surface area contributed by atoms with Crippen molar-refractivity contribution in [3.05, 3.63) is 56.0 Å². The Morgan fingerprint density at radius 3 is 2.58 bits per heavy atom. The Kier molecular flexibility index (Phi) is 6.36. The monoisotopic (exact) mass is 429 g/mol. The van der Waals surface area contributed by atoms with E-state index in [0.29, 0.717) is 23.1 Å². The second kappa shape index (κ2) is 8.27. The number of halogens is 2. The van der Waals surface area contributed by atoms with Crippen molar-refractivity contribution in [1.29, 1.82) is 0 Å². The smallest absolute Gasteiger partial charge is 0.296 e. The molecule has 6 nitrogen and oxygen atoms in total. The van der Waals surface area contributed by atoms with Gasteiger partial charge in [0, 0.05) is 4.47 Å². The molecule has 2 rings (SSSR count). The van der Waals surface area contributed by atoms with Gasteiger partial charge in [0.25, 0.3) is 5.69 Å². The number of nitro benzene ring substituents is 1. The SMILES string of the molecule is CCOc1ccc(NC(=S)Nc2ccc(Br)cc2Cl)c([N+](=O)[O-])c1. The van der Waals surface area contributed by atoms with Crippen molar-refractivity contribution in [3.8, 4) is 5.75 Å². The summed E-state index contributed by atoms with van der Waals surface area (Å²) in [6.07, 6.45) is 0. The third-order valence-corrected chi connectivity index (χ3v) is 3.91. The van der Waals surface area contributed by atoms with Gasteiger partial charge in [-0.05, 0) is 49.5 Å². The highest BCUT2D eigenvalue weighted by Crippen LogP contribution is 2.30. The molecule has 0 spiro atoms. The van der Waals surface area contributed by atoms with Crippen LogP contribution in [0.4, 0.5) is 17.1 Å². The third kappa shape index (κ3) is 4.80. The second-order valence-corrected chi connectivity index (χ2v) is 6.30. The van der Waals surface area contributed by atoms with E-state index >= 15 is 0 Å². The van der Waals surface area contributed by atoms with E-state index in [1.807, 2.05) is 0 Å². The molecule has 126 valence electrons.